The molecule has 0 radical (unpaired) electrons. The molecular formula is C19H33O4P. The van der Waals surface area contributed by atoms with Crippen LogP contribution < -0.4 is 4.52 Å². The van der Waals surface area contributed by atoms with E-state index in [9.17, 15) is 4.57 Å². The average Bonchev–Trinajstić information content (AvgIpc) is 2.60. The summed E-state index contributed by atoms with van der Waals surface area (Å²) in [6.07, 6.45) is 11.0. The smallest absolute Gasteiger partial charge is 0.404 e. The largest absolute Gasteiger partial charge is 0.529 e. The van der Waals surface area contributed by atoms with Crippen molar-refractivity contribution in [1.82, 2.24) is 0 Å². The number of hydrogen-bond donors (Lipinski definition) is 0. The molecular weight excluding hydrogens is 323 g/mol. The van der Waals surface area contributed by atoms with E-state index < -0.39 is 7.82 Å². The van der Waals surface area contributed by atoms with Crippen LogP contribution in [-0.2, 0) is 20.0 Å². The van der Waals surface area contributed by atoms with E-state index >= 15 is 0 Å². The number of rotatable bonds is 14. The van der Waals surface area contributed by atoms with Crippen molar-refractivity contribution in [2.45, 2.75) is 71.6 Å². The van der Waals surface area contributed by atoms with E-state index in [4.69, 9.17) is 13.6 Å². The van der Waals surface area contributed by atoms with Gasteiger partial charge in [-0.2, -0.15) is 0 Å². The molecule has 0 N–H and O–H groups in total. The zero-order valence-corrected chi connectivity index (χ0v) is 16.4. The highest BCUT2D eigenvalue weighted by Gasteiger charge is 2.26. The van der Waals surface area contributed by atoms with Crippen LogP contribution in [0.1, 0.15) is 70.8 Å². The minimum absolute atomic E-state index is 0.349. The highest BCUT2D eigenvalue weighted by atomic mass is 31.2. The van der Waals surface area contributed by atoms with E-state index in [1.165, 1.54) is 57.6 Å². The molecule has 1 rings (SSSR count). The summed E-state index contributed by atoms with van der Waals surface area (Å²) in [5, 5.41) is 0. The van der Waals surface area contributed by atoms with Gasteiger partial charge in [0.15, 0.2) is 0 Å². The SMILES string of the molecule is CCCCCCCCCc1ccc(OP(=O)(OC)OCCC)cc1. The van der Waals surface area contributed by atoms with Crippen molar-refractivity contribution >= 4 is 7.82 Å². The first kappa shape index (κ1) is 21.2. The fourth-order valence-corrected chi connectivity index (χ4v) is 3.47. The number of hydrogen-bond acceptors (Lipinski definition) is 4. The van der Waals surface area contributed by atoms with Crippen LogP contribution in [0.15, 0.2) is 24.3 Å². The van der Waals surface area contributed by atoms with Gasteiger partial charge in [-0.15, -0.1) is 0 Å². The van der Waals surface area contributed by atoms with Gasteiger partial charge < -0.3 is 4.52 Å². The molecule has 0 fully saturated rings. The van der Waals surface area contributed by atoms with Crippen molar-refractivity contribution in [1.29, 1.82) is 0 Å². The van der Waals surface area contributed by atoms with Crippen LogP contribution in [0, 0.1) is 0 Å². The van der Waals surface area contributed by atoms with Gasteiger partial charge in [0.1, 0.15) is 5.75 Å². The molecule has 1 aromatic rings. The number of aryl methyl sites for hydroxylation is 1. The summed E-state index contributed by atoms with van der Waals surface area (Å²) >= 11 is 0. The minimum atomic E-state index is -3.49. The zero-order chi connectivity index (χ0) is 17.7. The van der Waals surface area contributed by atoms with Gasteiger partial charge in [-0.05, 0) is 37.0 Å². The monoisotopic (exact) mass is 356 g/mol. The lowest BCUT2D eigenvalue weighted by Crippen LogP contribution is -2.01. The Bertz CT molecular complexity index is 473. The molecule has 1 atom stereocenters. The highest BCUT2D eigenvalue weighted by molar-refractivity contribution is 7.48. The Labute approximate surface area is 147 Å². The Kier molecular flexibility index (Phi) is 11.1. The molecule has 24 heavy (non-hydrogen) atoms. The molecule has 1 unspecified atom stereocenters. The van der Waals surface area contributed by atoms with Crippen LogP contribution in [0.4, 0.5) is 0 Å². The van der Waals surface area contributed by atoms with Gasteiger partial charge in [-0.25, -0.2) is 4.57 Å². The van der Waals surface area contributed by atoms with Crippen molar-refractivity contribution < 1.29 is 18.1 Å². The number of phosphoric acid groups is 1. The first-order chi connectivity index (χ1) is 11.6. The lowest BCUT2D eigenvalue weighted by molar-refractivity contribution is 0.180. The van der Waals surface area contributed by atoms with E-state index in [0.717, 1.165) is 12.8 Å². The molecule has 0 aromatic heterocycles. The minimum Gasteiger partial charge on any atom is -0.404 e. The molecule has 0 saturated heterocycles. The molecule has 5 heteroatoms. The Morgan fingerprint density at radius 1 is 0.875 bits per heavy atom. The summed E-state index contributed by atoms with van der Waals surface area (Å²) in [6, 6.07) is 7.70. The fraction of sp³-hybridized carbons (Fsp3) is 0.684. The van der Waals surface area contributed by atoms with E-state index in [0.29, 0.717) is 12.4 Å². The Morgan fingerprint density at radius 3 is 2.08 bits per heavy atom. The quantitative estimate of drug-likeness (QED) is 0.280. The van der Waals surface area contributed by atoms with E-state index in [2.05, 4.69) is 6.92 Å². The molecule has 0 heterocycles. The predicted molar refractivity (Wildman–Crippen MR) is 99.6 cm³/mol. The molecule has 0 bridgehead atoms. The van der Waals surface area contributed by atoms with Crippen LogP contribution in [0.2, 0.25) is 0 Å². The third-order valence-electron chi connectivity index (χ3n) is 3.89. The Balaban J connectivity index is 2.33. The second kappa shape index (κ2) is 12.5. The number of unbranched alkanes of at least 4 members (excludes halogenated alkanes) is 6. The van der Waals surface area contributed by atoms with Crippen LogP contribution in [0.3, 0.4) is 0 Å². The maximum atomic E-state index is 12.2. The Hall–Kier alpha value is -0.830. The first-order valence-electron chi connectivity index (χ1n) is 9.22. The average molecular weight is 356 g/mol. The van der Waals surface area contributed by atoms with Crippen molar-refractivity contribution in [2.24, 2.45) is 0 Å². The van der Waals surface area contributed by atoms with Crippen molar-refractivity contribution in [3.63, 3.8) is 0 Å². The van der Waals surface area contributed by atoms with Gasteiger partial charge >= 0.3 is 7.82 Å². The summed E-state index contributed by atoms with van der Waals surface area (Å²) in [7, 11) is -2.15. The standard InChI is InChI=1S/C19H33O4P/c1-4-6-7-8-9-10-11-12-18-13-15-19(16-14-18)23-24(20,21-3)22-17-5-2/h13-16H,4-12,17H2,1-3H3. The van der Waals surface area contributed by atoms with Crippen LogP contribution >= 0.6 is 7.82 Å². The van der Waals surface area contributed by atoms with Gasteiger partial charge in [-0.1, -0.05) is 64.5 Å². The lowest BCUT2D eigenvalue weighted by Gasteiger charge is -2.16. The molecule has 0 aliphatic carbocycles. The highest BCUT2D eigenvalue weighted by Crippen LogP contribution is 2.48. The van der Waals surface area contributed by atoms with Crippen molar-refractivity contribution in [3.8, 4) is 5.75 Å². The third kappa shape index (κ3) is 8.86. The van der Waals surface area contributed by atoms with Gasteiger partial charge in [0.25, 0.3) is 0 Å². The molecule has 0 amide bonds. The lowest BCUT2D eigenvalue weighted by atomic mass is 10.0. The van der Waals surface area contributed by atoms with E-state index in [1.54, 1.807) is 0 Å². The maximum absolute atomic E-state index is 12.2. The molecule has 1 aromatic carbocycles. The van der Waals surface area contributed by atoms with Gasteiger partial charge in [0.05, 0.1) is 6.61 Å². The van der Waals surface area contributed by atoms with Gasteiger partial charge in [0, 0.05) is 7.11 Å². The Morgan fingerprint density at radius 2 is 1.50 bits per heavy atom. The molecule has 0 saturated carbocycles. The fourth-order valence-electron chi connectivity index (χ4n) is 2.45. The summed E-state index contributed by atoms with van der Waals surface area (Å²) in [5.41, 5.74) is 1.28. The summed E-state index contributed by atoms with van der Waals surface area (Å²) in [5.74, 6) is 0.514. The topological polar surface area (TPSA) is 44.8 Å². The second-order valence-electron chi connectivity index (χ2n) is 6.07. The third-order valence-corrected chi connectivity index (χ3v) is 5.27. The second-order valence-corrected chi connectivity index (χ2v) is 7.77. The molecule has 4 nitrogen and oxygen atoms in total. The summed E-state index contributed by atoms with van der Waals surface area (Å²) < 4.78 is 27.7. The molecule has 0 aliphatic rings. The number of benzene rings is 1. The predicted octanol–water partition coefficient (Wildman–Crippen LogP) is 6.54. The van der Waals surface area contributed by atoms with Gasteiger partial charge in [0.2, 0.25) is 0 Å². The summed E-state index contributed by atoms with van der Waals surface area (Å²) in [6.45, 7) is 4.54. The molecule has 0 aliphatic heterocycles. The maximum Gasteiger partial charge on any atom is 0.529 e. The molecule has 0 spiro atoms. The first-order valence-corrected chi connectivity index (χ1v) is 10.7. The normalized spacial score (nSPS) is 13.6. The van der Waals surface area contributed by atoms with Crippen LogP contribution in [-0.4, -0.2) is 13.7 Å². The van der Waals surface area contributed by atoms with E-state index in [-0.39, 0.29) is 0 Å². The van der Waals surface area contributed by atoms with Crippen molar-refractivity contribution in [2.75, 3.05) is 13.7 Å². The van der Waals surface area contributed by atoms with Crippen molar-refractivity contribution in [3.05, 3.63) is 29.8 Å². The van der Waals surface area contributed by atoms with E-state index in [1.807, 2.05) is 31.2 Å². The van der Waals surface area contributed by atoms with Crippen LogP contribution in [0.5, 0.6) is 5.75 Å². The number of phosphoric ester groups is 1. The molecule has 138 valence electrons. The summed E-state index contributed by atoms with van der Waals surface area (Å²) in [4.78, 5) is 0. The van der Waals surface area contributed by atoms with Gasteiger partial charge in [-0.3, -0.25) is 9.05 Å². The van der Waals surface area contributed by atoms with Crippen LogP contribution in [0.25, 0.3) is 0 Å². The zero-order valence-electron chi connectivity index (χ0n) is 15.5.